The first-order valence-electron chi connectivity index (χ1n) is 4.48. The predicted molar refractivity (Wildman–Crippen MR) is 82.7 cm³/mol. The third kappa shape index (κ3) is 2.78. The van der Waals surface area contributed by atoms with Gasteiger partial charge in [-0.3, -0.25) is 0 Å². The third-order valence-corrected chi connectivity index (χ3v) is 4.35. The van der Waals surface area contributed by atoms with Gasteiger partial charge in [-0.25, -0.2) is 0 Å². The molecule has 0 atom stereocenters. The van der Waals surface area contributed by atoms with Crippen molar-refractivity contribution in [3.8, 4) is 11.1 Å². The first-order valence-corrected chi connectivity index (χ1v) is 7.65. The fourth-order valence-electron chi connectivity index (χ4n) is 1.47. The maximum Gasteiger partial charge on any atom is 0.0265 e. The van der Waals surface area contributed by atoms with Crippen LogP contribution in [0.15, 0.2) is 54.3 Å². The standard InChI is InChI=1S/C12H6Br4/c13-8-4-7(5-9(14)6-8)12-10(15)2-1-3-11(12)16/h1-6H. The van der Waals surface area contributed by atoms with Crippen LogP contribution in [0.25, 0.3) is 11.1 Å². The van der Waals surface area contributed by atoms with Crippen LogP contribution in [0.1, 0.15) is 0 Å². The van der Waals surface area contributed by atoms with E-state index in [1.165, 1.54) is 0 Å². The first-order chi connectivity index (χ1) is 7.58. The van der Waals surface area contributed by atoms with E-state index in [2.05, 4.69) is 75.9 Å². The van der Waals surface area contributed by atoms with Gasteiger partial charge >= 0.3 is 0 Å². The lowest BCUT2D eigenvalue weighted by Crippen LogP contribution is -1.82. The van der Waals surface area contributed by atoms with Crippen molar-refractivity contribution in [2.45, 2.75) is 0 Å². The van der Waals surface area contributed by atoms with E-state index in [-0.39, 0.29) is 0 Å². The van der Waals surface area contributed by atoms with Crippen LogP contribution < -0.4 is 0 Å². The number of halogens is 4. The molecule has 2 rings (SSSR count). The minimum absolute atomic E-state index is 1.06. The van der Waals surface area contributed by atoms with Crippen LogP contribution in [-0.2, 0) is 0 Å². The topological polar surface area (TPSA) is 0 Å². The van der Waals surface area contributed by atoms with Gasteiger partial charge in [0.05, 0.1) is 0 Å². The van der Waals surface area contributed by atoms with Gasteiger partial charge in [0.25, 0.3) is 0 Å². The van der Waals surface area contributed by atoms with E-state index in [0.717, 1.165) is 29.0 Å². The third-order valence-electron chi connectivity index (χ3n) is 2.11. The fourth-order valence-corrected chi connectivity index (χ4v) is 4.22. The normalized spacial score (nSPS) is 10.5. The second kappa shape index (κ2) is 5.34. The van der Waals surface area contributed by atoms with Crippen molar-refractivity contribution >= 4 is 63.7 Å². The van der Waals surface area contributed by atoms with E-state index in [9.17, 15) is 0 Å². The molecule has 0 amide bonds. The van der Waals surface area contributed by atoms with Gasteiger partial charge in [0.1, 0.15) is 0 Å². The molecule has 82 valence electrons. The lowest BCUT2D eigenvalue weighted by atomic mass is 10.1. The van der Waals surface area contributed by atoms with Gasteiger partial charge in [0.15, 0.2) is 0 Å². The summed E-state index contributed by atoms with van der Waals surface area (Å²) in [5.41, 5.74) is 2.31. The summed E-state index contributed by atoms with van der Waals surface area (Å²) in [6.07, 6.45) is 0. The number of hydrogen-bond acceptors (Lipinski definition) is 0. The first kappa shape index (κ1) is 12.8. The van der Waals surface area contributed by atoms with Crippen molar-refractivity contribution in [1.29, 1.82) is 0 Å². The zero-order valence-corrected chi connectivity index (χ0v) is 14.3. The van der Waals surface area contributed by atoms with Crippen molar-refractivity contribution in [2.75, 3.05) is 0 Å². The molecule has 0 bridgehead atoms. The molecule has 4 heteroatoms. The molecular formula is C12H6Br4. The van der Waals surface area contributed by atoms with Gasteiger partial charge < -0.3 is 0 Å². The Kier molecular flexibility index (Phi) is 4.27. The SMILES string of the molecule is Brc1cc(Br)cc(-c2c(Br)cccc2Br)c1. The fraction of sp³-hybridized carbons (Fsp3) is 0. The predicted octanol–water partition coefficient (Wildman–Crippen LogP) is 6.40. The molecule has 0 aliphatic carbocycles. The zero-order valence-electron chi connectivity index (χ0n) is 7.98. The number of rotatable bonds is 1. The Morgan fingerprint density at radius 1 is 0.688 bits per heavy atom. The van der Waals surface area contributed by atoms with Crippen LogP contribution in [0, 0.1) is 0 Å². The minimum atomic E-state index is 1.06. The van der Waals surface area contributed by atoms with Crippen molar-refractivity contribution < 1.29 is 0 Å². The van der Waals surface area contributed by atoms with Gasteiger partial charge in [0.2, 0.25) is 0 Å². The molecule has 0 N–H and O–H groups in total. The van der Waals surface area contributed by atoms with Gasteiger partial charge in [-0.1, -0.05) is 69.8 Å². The Morgan fingerprint density at radius 2 is 1.19 bits per heavy atom. The van der Waals surface area contributed by atoms with Crippen LogP contribution >= 0.6 is 63.7 Å². The van der Waals surface area contributed by atoms with E-state index >= 15 is 0 Å². The van der Waals surface area contributed by atoms with Gasteiger partial charge in [-0.15, -0.1) is 0 Å². The summed E-state index contributed by atoms with van der Waals surface area (Å²) in [6, 6.07) is 12.3. The maximum absolute atomic E-state index is 3.57. The molecule has 0 unspecified atom stereocenters. The molecule has 16 heavy (non-hydrogen) atoms. The zero-order chi connectivity index (χ0) is 11.7. The molecule has 0 aliphatic rings. The highest BCUT2D eigenvalue weighted by molar-refractivity contribution is 9.11. The average Bonchev–Trinajstić information content (AvgIpc) is 2.15. The maximum atomic E-state index is 3.57. The molecule has 2 aromatic rings. The van der Waals surface area contributed by atoms with Crippen LogP contribution in [-0.4, -0.2) is 0 Å². The average molecular weight is 470 g/mol. The molecule has 0 nitrogen and oxygen atoms in total. The lowest BCUT2D eigenvalue weighted by molar-refractivity contribution is 1.52. The quantitative estimate of drug-likeness (QED) is 0.453. The summed E-state index contributed by atoms with van der Waals surface area (Å²) in [4.78, 5) is 0. The van der Waals surface area contributed by atoms with Gasteiger partial charge in [-0.05, 0) is 35.9 Å². The molecule has 0 aliphatic heterocycles. The summed E-state index contributed by atoms with van der Waals surface area (Å²) in [6.45, 7) is 0. The van der Waals surface area contributed by atoms with Crippen LogP contribution in [0.2, 0.25) is 0 Å². The highest BCUT2D eigenvalue weighted by atomic mass is 79.9. The van der Waals surface area contributed by atoms with E-state index in [0.29, 0.717) is 0 Å². The Labute approximate surface area is 128 Å². The summed E-state index contributed by atoms with van der Waals surface area (Å²) in [5, 5.41) is 0. The molecule has 2 aromatic carbocycles. The van der Waals surface area contributed by atoms with Crippen molar-refractivity contribution in [2.24, 2.45) is 0 Å². The molecule has 0 heterocycles. The number of hydrogen-bond donors (Lipinski definition) is 0. The van der Waals surface area contributed by atoms with Crippen molar-refractivity contribution in [1.82, 2.24) is 0 Å². The monoisotopic (exact) mass is 466 g/mol. The second-order valence-electron chi connectivity index (χ2n) is 3.25. The lowest BCUT2D eigenvalue weighted by Gasteiger charge is -2.08. The van der Waals surface area contributed by atoms with Crippen LogP contribution in [0.5, 0.6) is 0 Å². The summed E-state index contributed by atoms with van der Waals surface area (Å²) < 4.78 is 4.26. The summed E-state index contributed by atoms with van der Waals surface area (Å²) >= 11 is 14.1. The van der Waals surface area contributed by atoms with Gasteiger partial charge in [0, 0.05) is 23.5 Å². The Hall–Kier alpha value is 0.360. The molecule has 0 fully saturated rings. The molecule has 0 aromatic heterocycles. The Balaban J connectivity index is 2.67. The highest BCUT2D eigenvalue weighted by Gasteiger charge is 2.08. The van der Waals surface area contributed by atoms with E-state index in [1.807, 2.05) is 24.3 Å². The van der Waals surface area contributed by atoms with E-state index in [1.54, 1.807) is 0 Å². The largest absolute Gasteiger partial charge is 0.0600 e. The van der Waals surface area contributed by atoms with Crippen molar-refractivity contribution in [3.05, 3.63) is 54.3 Å². The number of benzene rings is 2. The molecule has 0 saturated heterocycles. The molecule has 0 saturated carbocycles. The van der Waals surface area contributed by atoms with E-state index in [4.69, 9.17) is 0 Å². The van der Waals surface area contributed by atoms with Gasteiger partial charge in [-0.2, -0.15) is 0 Å². The molecule has 0 spiro atoms. The summed E-state index contributed by atoms with van der Waals surface area (Å²) in [7, 11) is 0. The summed E-state index contributed by atoms with van der Waals surface area (Å²) in [5.74, 6) is 0. The van der Waals surface area contributed by atoms with Crippen LogP contribution in [0.3, 0.4) is 0 Å². The van der Waals surface area contributed by atoms with Crippen LogP contribution in [0.4, 0.5) is 0 Å². The molecular weight excluding hydrogens is 464 g/mol. The smallest absolute Gasteiger partial charge is 0.0265 e. The van der Waals surface area contributed by atoms with E-state index < -0.39 is 0 Å². The highest BCUT2D eigenvalue weighted by Crippen LogP contribution is 2.37. The Morgan fingerprint density at radius 3 is 1.69 bits per heavy atom. The second-order valence-corrected chi connectivity index (χ2v) is 6.79. The minimum Gasteiger partial charge on any atom is -0.0600 e. The Bertz CT molecular complexity index is 494. The molecule has 0 radical (unpaired) electrons. The van der Waals surface area contributed by atoms with Crippen molar-refractivity contribution in [3.63, 3.8) is 0 Å².